The second-order valence-electron chi connectivity index (χ2n) is 2.98. The van der Waals surface area contributed by atoms with Gasteiger partial charge in [-0.3, -0.25) is 9.97 Å². The highest BCUT2D eigenvalue weighted by atomic mass is 35.5. The number of nitrogens with zero attached hydrogens (tertiary/aromatic N) is 3. The fraction of sp³-hybridized carbons (Fsp3) is 0.100. The molecule has 0 fully saturated rings. The smallest absolute Gasteiger partial charge is 0.148 e. The molecule has 0 radical (unpaired) electrons. The molecule has 0 bridgehead atoms. The average Bonchev–Trinajstić information content (AvgIpc) is 2.29. The van der Waals surface area contributed by atoms with E-state index in [-0.39, 0.29) is 0 Å². The third kappa shape index (κ3) is 2.29. The summed E-state index contributed by atoms with van der Waals surface area (Å²) < 4.78 is 0. The maximum Gasteiger partial charge on any atom is 0.148 e. The zero-order chi connectivity index (χ0) is 10.7. The van der Waals surface area contributed by atoms with E-state index < -0.39 is 0 Å². The summed E-state index contributed by atoms with van der Waals surface area (Å²) in [7, 11) is 0. The van der Waals surface area contributed by atoms with Crippen LogP contribution < -0.4 is 5.73 Å². The first kappa shape index (κ1) is 10.0. The van der Waals surface area contributed by atoms with E-state index in [9.17, 15) is 0 Å². The van der Waals surface area contributed by atoms with Crippen molar-refractivity contribution in [3.63, 3.8) is 0 Å². The molecule has 0 saturated carbocycles. The Morgan fingerprint density at radius 3 is 2.60 bits per heavy atom. The first-order valence-corrected chi connectivity index (χ1v) is 4.80. The molecule has 0 aliphatic carbocycles. The second kappa shape index (κ2) is 4.33. The standard InChI is InChI=1S/C10H9ClN4/c11-10-6-13-5-9(15-10)8-2-1-7(3-12)4-14-8/h1-2,4-6H,3,12H2. The summed E-state index contributed by atoms with van der Waals surface area (Å²) in [5.41, 5.74) is 7.85. The van der Waals surface area contributed by atoms with E-state index in [1.165, 1.54) is 6.20 Å². The Morgan fingerprint density at radius 1 is 1.13 bits per heavy atom. The fourth-order valence-corrected chi connectivity index (χ4v) is 1.31. The lowest BCUT2D eigenvalue weighted by Crippen LogP contribution is -1.97. The van der Waals surface area contributed by atoms with Gasteiger partial charge in [0.2, 0.25) is 0 Å². The molecule has 0 aliphatic heterocycles. The number of hydrogen-bond donors (Lipinski definition) is 1. The molecule has 76 valence electrons. The number of rotatable bonds is 2. The molecule has 2 N–H and O–H groups in total. The molecule has 0 atom stereocenters. The van der Waals surface area contributed by atoms with Crippen molar-refractivity contribution in [2.75, 3.05) is 0 Å². The quantitative estimate of drug-likeness (QED) is 0.836. The Labute approximate surface area is 92.2 Å². The van der Waals surface area contributed by atoms with Gasteiger partial charge in [-0.05, 0) is 11.6 Å². The average molecular weight is 221 g/mol. The van der Waals surface area contributed by atoms with E-state index in [2.05, 4.69) is 15.0 Å². The number of aromatic nitrogens is 3. The van der Waals surface area contributed by atoms with Crippen LogP contribution in [0.3, 0.4) is 0 Å². The third-order valence-corrected chi connectivity index (χ3v) is 2.11. The van der Waals surface area contributed by atoms with Crippen LogP contribution in [0.1, 0.15) is 5.56 Å². The minimum Gasteiger partial charge on any atom is -0.326 e. The first-order valence-electron chi connectivity index (χ1n) is 4.42. The van der Waals surface area contributed by atoms with E-state index in [1.807, 2.05) is 12.1 Å². The molecule has 0 spiro atoms. The van der Waals surface area contributed by atoms with Crippen LogP contribution in [-0.4, -0.2) is 15.0 Å². The second-order valence-corrected chi connectivity index (χ2v) is 3.37. The number of hydrogen-bond acceptors (Lipinski definition) is 4. The predicted octanol–water partition coefficient (Wildman–Crippen LogP) is 1.65. The van der Waals surface area contributed by atoms with Crippen LogP contribution in [0.5, 0.6) is 0 Å². The topological polar surface area (TPSA) is 64.7 Å². The van der Waals surface area contributed by atoms with E-state index in [4.69, 9.17) is 17.3 Å². The van der Waals surface area contributed by atoms with Crippen molar-refractivity contribution in [3.8, 4) is 11.4 Å². The van der Waals surface area contributed by atoms with Gasteiger partial charge in [0.1, 0.15) is 10.8 Å². The van der Waals surface area contributed by atoms with Gasteiger partial charge in [-0.2, -0.15) is 0 Å². The molecule has 2 aromatic heterocycles. The lowest BCUT2D eigenvalue weighted by molar-refractivity contribution is 1.05. The molecule has 2 heterocycles. The minimum atomic E-state index is 0.359. The molecule has 0 saturated heterocycles. The Bertz CT molecular complexity index is 455. The van der Waals surface area contributed by atoms with Gasteiger partial charge < -0.3 is 5.73 Å². The van der Waals surface area contributed by atoms with Crippen molar-refractivity contribution < 1.29 is 0 Å². The van der Waals surface area contributed by atoms with Crippen LogP contribution in [-0.2, 0) is 6.54 Å². The molecule has 5 heteroatoms. The third-order valence-electron chi connectivity index (χ3n) is 1.93. The maximum absolute atomic E-state index is 5.73. The minimum absolute atomic E-state index is 0.359. The predicted molar refractivity (Wildman–Crippen MR) is 58.2 cm³/mol. The number of nitrogens with two attached hydrogens (primary N) is 1. The highest BCUT2D eigenvalue weighted by molar-refractivity contribution is 6.29. The van der Waals surface area contributed by atoms with E-state index in [0.717, 1.165) is 11.3 Å². The van der Waals surface area contributed by atoms with E-state index in [1.54, 1.807) is 12.4 Å². The molecule has 0 unspecified atom stereocenters. The molecule has 0 aliphatic rings. The molecular weight excluding hydrogens is 212 g/mol. The van der Waals surface area contributed by atoms with E-state index in [0.29, 0.717) is 17.4 Å². The molecule has 4 nitrogen and oxygen atoms in total. The number of pyridine rings is 1. The molecule has 15 heavy (non-hydrogen) atoms. The number of halogens is 1. The van der Waals surface area contributed by atoms with Gasteiger partial charge in [-0.15, -0.1) is 0 Å². The van der Waals surface area contributed by atoms with Gasteiger partial charge in [0.15, 0.2) is 0 Å². The highest BCUT2D eigenvalue weighted by Gasteiger charge is 2.01. The lowest BCUT2D eigenvalue weighted by Gasteiger charge is -2.00. The Balaban J connectivity index is 2.37. The highest BCUT2D eigenvalue weighted by Crippen LogP contribution is 2.15. The van der Waals surface area contributed by atoms with Crippen molar-refractivity contribution in [2.45, 2.75) is 6.54 Å². The zero-order valence-corrected chi connectivity index (χ0v) is 8.65. The summed E-state index contributed by atoms with van der Waals surface area (Å²) in [6, 6.07) is 3.76. The van der Waals surface area contributed by atoms with Crippen LogP contribution >= 0.6 is 11.6 Å². The Morgan fingerprint density at radius 2 is 2.00 bits per heavy atom. The fourth-order valence-electron chi connectivity index (χ4n) is 1.16. The molecule has 2 rings (SSSR count). The van der Waals surface area contributed by atoms with Gasteiger partial charge >= 0.3 is 0 Å². The zero-order valence-electron chi connectivity index (χ0n) is 7.89. The summed E-state index contributed by atoms with van der Waals surface area (Å²) in [5, 5.41) is 0.359. The maximum atomic E-state index is 5.73. The monoisotopic (exact) mass is 220 g/mol. The van der Waals surface area contributed by atoms with E-state index >= 15 is 0 Å². The summed E-state index contributed by atoms with van der Waals surface area (Å²) in [4.78, 5) is 12.3. The summed E-state index contributed by atoms with van der Waals surface area (Å²) in [6.07, 6.45) is 4.83. The molecular formula is C10H9ClN4. The molecule has 0 amide bonds. The van der Waals surface area contributed by atoms with Crippen molar-refractivity contribution in [1.82, 2.24) is 15.0 Å². The Hall–Kier alpha value is -1.52. The van der Waals surface area contributed by atoms with Crippen LogP contribution in [0.2, 0.25) is 5.15 Å². The van der Waals surface area contributed by atoms with Crippen molar-refractivity contribution >= 4 is 11.6 Å². The van der Waals surface area contributed by atoms with Gasteiger partial charge in [-0.1, -0.05) is 17.7 Å². The van der Waals surface area contributed by atoms with Crippen LogP contribution in [0, 0.1) is 0 Å². The SMILES string of the molecule is NCc1ccc(-c2cncc(Cl)n2)nc1. The Kier molecular flexibility index (Phi) is 2.89. The van der Waals surface area contributed by atoms with Crippen LogP contribution in [0.25, 0.3) is 11.4 Å². The van der Waals surface area contributed by atoms with Gasteiger partial charge in [0.25, 0.3) is 0 Å². The van der Waals surface area contributed by atoms with Crippen molar-refractivity contribution in [1.29, 1.82) is 0 Å². The largest absolute Gasteiger partial charge is 0.326 e. The molecule has 0 aromatic carbocycles. The summed E-state index contributed by atoms with van der Waals surface area (Å²) in [5.74, 6) is 0. The van der Waals surface area contributed by atoms with Crippen molar-refractivity contribution in [2.24, 2.45) is 5.73 Å². The first-order chi connectivity index (χ1) is 7.29. The molecule has 2 aromatic rings. The van der Waals surface area contributed by atoms with Gasteiger partial charge in [0, 0.05) is 12.7 Å². The van der Waals surface area contributed by atoms with Gasteiger partial charge in [0.05, 0.1) is 18.1 Å². The van der Waals surface area contributed by atoms with Crippen molar-refractivity contribution in [3.05, 3.63) is 41.4 Å². The van der Waals surface area contributed by atoms with Crippen LogP contribution in [0.4, 0.5) is 0 Å². The van der Waals surface area contributed by atoms with Crippen LogP contribution in [0.15, 0.2) is 30.7 Å². The summed E-state index contributed by atoms with van der Waals surface area (Å²) in [6.45, 7) is 0.481. The summed E-state index contributed by atoms with van der Waals surface area (Å²) >= 11 is 5.73. The van der Waals surface area contributed by atoms with Gasteiger partial charge in [-0.25, -0.2) is 4.98 Å². The normalized spacial score (nSPS) is 10.3. The lowest BCUT2D eigenvalue weighted by atomic mass is 10.2.